The zero-order valence-electron chi connectivity index (χ0n) is 16.2. The number of amides is 2. The lowest BCUT2D eigenvalue weighted by molar-refractivity contribution is 0.0671. The van der Waals surface area contributed by atoms with Gasteiger partial charge in [-0.3, -0.25) is 14.3 Å². The van der Waals surface area contributed by atoms with Crippen LogP contribution in [-0.4, -0.2) is 44.5 Å². The molecule has 8 heteroatoms. The first-order chi connectivity index (χ1) is 14.0. The van der Waals surface area contributed by atoms with E-state index in [9.17, 15) is 9.59 Å². The van der Waals surface area contributed by atoms with E-state index in [1.807, 2.05) is 27.8 Å². The minimum Gasteiger partial charge on any atom is -0.409 e. The first-order valence-corrected chi connectivity index (χ1v) is 9.74. The van der Waals surface area contributed by atoms with E-state index in [4.69, 9.17) is 10.5 Å². The molecule has 1 fully saturated rings. The van der Waals surface area contributed by atoms with Gasteiger partial charge in [0.05, 0.1) is 23.6 Å². The van der Waals surface area contributed by atoms with Crippen molar-refractivity contribution in [3.05, 3.63) is 48.5 Å². The number of likely N-dealkylation sites (tertiary alicyclic amines) is 1. The maximum Gasteiger partial charge on any atom is 0.410 e. The molecule has 0 radical (unpaired) electrons. The van der Waals surface area contributed by atoms with Crippen LogP contribution in [0, 0.1) is 5.92 Å². The first kappa shape index (κ1) is 18.9. The number of fused-ring (bicyclic) bond motifs is 1. The van der Waals surface area contributed by atoms with E-state index in [0.717, 1.165) is 31.3 Å². The van der Waals surface area contributed by atoms with Crippen LogP contribution < -0.4 is 10.5 Å². The molecule has 2 amide bonds. The molecule has 2 N–H and O–H groups in total. The van der Waals surface area contributed by atoms with Gasteiger partial charge in [0.25, 0.3) is 5.91 Å². The summed E-state index contributed by atoms with van der Waals surface area (Å²) in [5.41, 5.74) is 7.02. The van der Waals surface area contributed by atoms with Gasteiger partial charge in [0.15, 0.2) is 5.75 Å². The highest BCUT2D eigenvalue weighted by atomic mass is 16.5. The molecular formula is C21H23N5O3. The van der Waals surface area contributed by atoms with E-state index < -0.39 is 6.09 Å². The van der Waals surface area contributed by atoms with E-state index in [1.165, 1.54) is 12.6 Å². The van der Waals surface area contributed by atoms with Crippen molar-refractivity contribution in [3.63, 3.8) is 0 Å². The fourth-order valence-electron chi connectivity index (χ4n) is 3.83. The molecule has 0 bridgehead atoms. The van der Waals surface area contributed by atoms with Gasteiger partial charge in [-0.15, -0.1) is 0 Å². The highest BCUT2D eigenvalue weighted by Crippen LogP contribution is 2.24. The third-order valence-corrected chi connectivity index (χ3v) is 5.35. The highest BCUT2D eigenvalue weighted by Gasteiger charge is 2.24. The molecule has 0 unspecified atom stereocenters. The Morgan fingerprint density at radius 1 is 1.28 bits per heavy atom. The second kappa shape index (κ2) is 7.90. The van der Waals surface area contributed by atoms with Gasteiger partial charge in [0.1, 0.15) is 5.65 Å². The van der Waals surface area contributed by atoms with Gasteiger partial charge in [-0.05, 0) is 30.9 Å². The molecule has 1 atom stereocenters. The Kier molecular flexibility index (Phi) is 5.16. The summed E-state index contributed by atoms with van der Waals surface area (Å²) in [6, 6.07) is 5.41. The lowest BCUT2D eigenvalue weighted by Gasteiger charge is -2.32. The van der Waals surface area contributed by atoms with Crippen LogP contribution in [0.15, 0.2) is 43.0 Å². The van der Waals surface area contributed by atoms with E-state index in [-0.39, 0.29) is 11.7 Å². The average molecular weight is 393 g/mol. The predicted octanol–water partition coefficient (Wildman–Crippen LogP) is 3.14. The number of nitrogens with two attached hydrogens (primary N) is 1. The molecule has 29 heavy (non-hydrogen) atoms. The van der Waals surface area contributed by atoms with Crippen LogP contribution in [-0.2, 0) is 0 Å². The summed E-state index contributed by atoms with van der Waals surface area (Å²) < 4.78 is 6.71. The molecule has 1 aliphatic rings. The third kappa shape index (κ3) is 3.91. The second-order valence-electron chi connectivity index (χ2n) is 7.29. The van der Waals surface area contributed by atoms with Crippen molar-refractivity contribution in [2.45, 2.75) is 26.2 Å². The van der Waals surface area contributed by atoms with Crippen LogP contribution in [0.4, 0.5) is 4.79 Å². The number of carbonyl (C=O) groups excluding carboxylic acids is 2. The first-order valence-electron chi connectivity index (χ1n) is 9.74. The molecular weight excluding hydrogens is 370 g/mol. The topological polar surface area (TPSA) is 103 Å². The van der Waals surface area contributed by atoms with Gasteiger partial charge in [0, 0.05) is 36.9 Å². The summed E-state index contributed by atoms with van der Waals surface area (Å²) in [5.74, 6) is 0.857. The zero-order valence-corrected chi connectivity index (χ0v) is 16.2. The molecule has 0 saturated carbocycles. The summed E-state index contributed by atoms with van der Waals surface area (Å²) in [4.78, 5) is 34.4. The van der Waals surface area contributed by atoms with Gasteiger partial charge in [0.2, 0.25) is 0 Å². The average Bonchev–Trinajstić information content (AvgIpc) is 3.16. The van der Waals surface area contributed by atoms with Crippen molar-refractivity contribution in [2.24, 2.45) is 11.7 Å². The quantitative estimate of drug-likeness (QED) is 0.733. The van der Waals surface area contributed by atoms with Gasteiger partial charge < -0.3 is 15.4 Å². The van der Waals surface area contributed by atoms with Crippen molar-refractivity contribution in [1.82, 2.24) is 19.4 Å². The Morgan fingerprint density at radius 3 is 2.93 bits per heavy atom. The minimum absolute atomic E-state index is 0.0313. The van der Waals surface area contributed by atoms with Crippen LogP contribution in [0.3, 0.4) is 0 Å². The number of ether oxygens (including phenoxy) is 1. The molecule has 1 aliphatic heterocycles. The number of piperidine rings is 1. The van der Waals surface area contributed by atoms with Gasteiger partial charge >= 0.3 is 6.09 Å². The molecule has 3 aromatic rings. The normalized spacial score (nSPS) is 16.7. The SMILES string of the molecule is CC[C@H]1CCCN(C(=O)c2cnc3c(ccn3-c3cncc(OC(N)=O)c3)c2)C1. The smallest absolute Gasteiger partial charge is 0.409 e. The largest absolute Gasteiger partial charge is 0.410 e. The fraction of sp³-hybridized carbons (Fsp3) is 0.333. The van der Waals surface area contributed by atoms with Crippen LogP contribution in [0.2, 0.25) is 0 Å². The number of nitrogens with zero attached hydrogens (tertiary/aromatic N) is 4. The Bertz CT molecular complexity index is 1060. The molecule has 8 nitrogen and oxygen atoms in total. The predicted molar refractivity (Wildman–Crippen MR) is 108 cm³/mol. The molecule has 0 spiro atoms. The second-order valence-corrected chi connectivity index (χ2v) is 7.29. The van der Waals surface area contributed by atoms with Crippen LogP contribution >= 0.6 is 0 Å². The molecule has 4 rings (SSSR count). The Hall–Kier alpha value is -3.42. The summed E-state index contributed by atoms with van der Waals surface area (Å²) in [7, 11) is 0. The molecule has 0 aromatic carbocycles. The lowest BCUT2D eigenvalue weighted by Crippen LogP contribution is -2.39. The number of pyridine rings is 2. The monoisotopic (exact) mass is 393 g/mol. The van der Waals surface area contributed by atoms with Gasteiger partial charge in [-0.2, -0.15) is 0 Å². The lowest BCUT2D eigenvalue weighted by atomic mass is 9.95. The molecule has 4 heterocycles. The Labute approximate surface area is 168 Å². The maximum atomic E-state index is 12.9. The summed E-state index contributed by atoms with van der Waals surface area (Å²) in [5, 5.41) is 0.848. The van der Waals surface area contributed by atoms with E-state index >= 15 is 0 Å². The summed E-state index contributed by atoms with van der Waals surface area (Å²) in [6.45, 7) is 3.78. The standard InChI is InChI=1S/C21H23N5O3/c1-2-14-4-3-6-25(13-14)20(27)16-8-15-5-7-26(19(15)24-10-16)17-9-18(12-23-11-17)29-21(22)28/h5,7-12,14H,2-4,6,13H2,1H3,(H2,22,28)/t14-/m0/s1. The highest BCUT2D eigenvalue weighted by molar-refractivity contribution is 5.97. The molecule has 3 aromatic heterocycles. The number of carbonyl (C=O) groups is 2. The Morgan fingerprint density at radius 2 is 2.14 bits per heavy atom. The summed E-state index contributed by atoms with van der Waals surface area (Å²) >= 11 is 0. The van der Waals surface area contributed by atoms with Crippen molar-refractivity contribution in [2.75, 3.05) is 13.1 Å². The van der Waals surface area contributed by atoms with Crippen molar-refractivity contribution < 1.29 is 14.3 Å². The molecule has 0 aliphatic carbocycles. The van der Waals surface area contributed by atoms with Gasteiger partial charge in [-0.25, -0.2) is 9.78 Å². The van der Waals surface area contributed by atoms with Gasteiger partial charge in [-0.1, -0.05) is 13.3 Å². The number of hydrogen-bond acceptors (Lipinski definition) is 5. The van der Waals surface area contributed by atoms with Crippen LogP contribution in [0.1, 0.15) is 36.5 Å². The van der Waals surface area contributed by atoms with E-state index in [1.54, 1.807) is 18.5 Å². The van der Waals surface area contributed by atoms with Crippen molar-refractivity contribution in [1.29, 1.82) is 0 Å². The zero-order chi connectivity index (χ0) is 20.4. The fourth-order valence-corrected chi connectivity index (χ4v) is 3.83. The Balaban J connectivity index is 1.61. The van der Waals surface area contributed by atoms with E-state index in [2.05, 4.69) is 16.9 Å². The van der Waals surface area contributed by atoms with Crippen LogP contribution in [0.25, 0.3) is 16.7 Å². The third-order valence-electron chi connectivity index (χ3n) is 5.35. The molecule has 1 saturated heterocycles. The van der Waals surface area contributed by atoms with Crippen molar-refractivity contribution in [3.8, 4) is 11.4 Å². The maximum absolute atomic E-state index is 12.9. The van der Waals surface area contributed by atoms with E-state index in [0.29, 0.717) is 22.8 Å². The summed E-state index contributed by atoms with van der Waals surface area (Å²) in [6.07, 6.45) is 8.93. The minimum atomic E-state index is -0.898. The number of rotatable bonds is 4. The molecule has 150 valence electrons. The van der Waals surface area contributed by atoms with Crippen molar-refractivity contribution >= 4 is 23.0 Å². The number of primary amides is 1. The number of aromatic nitrogens is 3. The van der Waals surface area contributed by atoms with Crippen LogP contribution in [0.5, 0.6) is 5.75 Å². The number of hydrogen-bond donors (Lipinski definition) is 1.